The van der Waals surface area contributed by atoms with Crippen LogP contribution in [0.2, 0.25) is 0 Å². The Morgan fingerprint density at radius 3 is 3.00 bits per heavy atom. The predicted octanol–water partition coefficient (Wildman–Crippen LogP) is 2.42. The van der Waals surface area contributed by atoms with Crippen molar-refractivity contribution >= 4 is 12.0 Å². The normalized spacial score (nSPS) is 26.4. The third kappa shape index (κ3) is 2.91. The number of carbonyl (C=O) groups is 1. The molecule has 4 rings (SSSR count). The van der Waals surface area contributed by atoms with Crippen LogP contribution in [0.4, 0.5) is 0 Å². The Hall–Kier alpha value is -2.01. The molecule has 5 heteroatoms. The fraction of sp³-hybridized carbons (Fsp3) is 0.550. The van der Waals surface area contributed by atoms with Crippen LogP contribution < -0.4 is 9.47 Å². The topological polar surface area (TPSA) is 42.0 Å². The van der Waals surface area contributed by atoms with Crippen LogP contribution >= 0.6 is 0 Å². The van der Waals surface area contributed by atoms with E-state index < -0.39 is 0 Å². The number of methoxy groups -OCH3 is 1. The second-order valence-corrected chi connectivity index (χ2v) is 7.54. The molecule has 0 unspecified atom stereocenters. The van der Waals surface area contributed by atoms with Gasteiger partial charge in [0.1, 0.15) is 6.61 Å². The highest BCUT2D eigenvalue weighted by molar-refractivity contribution is 5.84. The average Bonchev–Trinajstić information content (AvgIpc) is 3.02. The molecule has 1 atom stereocenters. The molecule has 0 saturated carbocycles. The molecular weight excluding hydrogens is 316 g/mol. The van der Waals surface area contributed by atoms with Crippen LogP contribution in [0.5, 0.6) is 11.5 Å². The van der Waals surface area contributed by atoms with Crippen molar-refractivity contribution in [1.29, 1.82) is 0 Å². The number of carbonyl (C=O) groups excluding carboxylic acids is 1. The Balaban J connectivity index is 1.47. The van der Waals surface area contributed by atoms with Gasteiger partial charge in [0.05, 0.1) is 12.5 Å². The van der Waals surface area contributed by atoms with E-state index in [9.17, 15) is 4.79 Å². The van der Waals surface area contributed by atoms with E-state index in [0.717, 1.165) is 62.5 Å². The van der Waals surface area contributed by atoms with Crippen LogP contribution in [0.15, 0.2) is 23.8 Å². The molecule has 3 heterocycles. The number of hydrogen-bond donors (Lipinski definition) is 0. The van der Waals surface area contributed by atoms with Gasteiger partial charge in [-0.3, -0.25) is 9.69 Å². The highest BCUT2D eigenvalue weighted by Gasteiger charge is 2.47. The number of nitrogens with zero attached hydrogens (tertiary/aromatic N) is 2. The first kappa shape index (κ1) is 16.5. The third-order valence-electron chi connectivity index (χ3n) is 5.80. The highest BCUT2D eigenvalue weighted by Crippen LogP contribution is 2.40. The van der Waals surface area contributed by atoms with Crippen molar-refractivity contribution in [2.75, 3.05) is 46.9 Å². The molecule has 5 nitrogen and oxygen atoms in total. The molecular formula is C20H26N2O3. The van der Waals surface area contributed by atoms with Gasteiger partial charge in [0.25, 0.3) is 0 Å². The lowest BCUT2D eigenvalue weighted by molar-refractivity contribution is -0.143. The van der Waals surface area contributed by atoms with Crippen LogP contribution in [-0.4, -0.2) is 62.7 Å². The van der Waals surface area contributed by atoms with E-state index in [2.05, 4.69) is 17.0 Å². The van der Waals surface area contributed by atoms with E-state index in [1.165, 1.54) is 5.57 Å². The Bertz CT molecular complexity index is 715. The molecule has 2 saturated heterocycles. The standard InChI is InChI=1S/C20H26N2O3/c1-21-9-4-7-20(19(21)23)8-10-22(14-20)12-15-11-16-5-3-6-17(24-2)18(16)25-13-15/h3,5-6,11H,4,7-10,12-14H2,1-2H3/t20-/m1/s1. The molecule has 0 bridgehead atoms. The van der Waals surface area contributed by atoms with Crippen molar-refractivity contribution in [2.45, 2.75) is 19.3 Å². The number of likely N-dealkylation sites (tertiary alicyclic amines) is 2. The fourth-order valence-corrected chi connectivity index (χ4v) is 4.51. The molecule has 1 aromatic carbocycles. The van der Waals surface area contributed by atoms with Gasteiger partial charge in [-0.25, -0.2) is 0 Å². The SMILES string of the molecule is COc1cccc2c1OCC(CN1CC[C@]3(CCCN(C)C3=O)C1)=C2. The first-order valence-electron chi connectivity index (χ1n) is 9.08. The van der Waals surface area contributed by atoms with Gasteiger partial charge in [0.15, 0.2) is 11.5 Å². The second-order valence-electron chi connectivity index (χ2n) is 7.54. The molecule has 134 valence electrons. The largest absolute Gasteiger partial charge is 0.493 e. The van der Waals surface area contributed by atoms with Crippen molar-refractivity contribution in [1.82, 2.24) is 9.80 Å². The molecule has 1 aromatic rings. The van der Waals surface area contributed by atoms with Gasteiger partial charge in [-0.1, -0.05) is 12.1 Å². The predicted molar refractivity (Wildman–Crippen MR) is 96.8 cm³/mol. The summed E-state index contributed by atoms with van der Waals surface area (Å²) >= 11 is 0. The summed E-state index contributed by atoms with van der Waals surface area (Å²) in [5.74, 6) is 1.95. The van der Waals surface area contributed by atoms with Crippen molar-refractivity contribution in [2.24, 2.45) is 5.41 Å². The summed E-state index contributed by atoms with van der Waals surface area (Å²) in [5, 5.41) is 0. The first-order chi connectivity index (χ1) is 12.1. The Morgan fingerprint density at radius 1 is 1.28 bits per heavy atom. The van der Waals surface area contributed by atoms with E-state index in [1.54, 1.807) is 7.11 Å². The summed E-state index contributed by atoms with van der Waals surface area (Å²) in [6.07, 6.45) is 5.34. The molecule has 2 fully saturated rings. The number of hydrogen-bond acceptors (Lipinski definition) is 4. The number of para-hydroxylation sites is 1. The Labute approximate surface area is 149 Å². The first-order valence-corrected chi connectivity index (χ1v) is 9.08. The van der Waals surface area contributed by atoms with Gasteiger partial charge in [-0.2, -0.15) is 0 Å². The molecule has 3 aliphatic heterocycles. The lowest BCUT2D eigenvalue weighted by atomic mass is 9.78. The quantitative estimate of drug-likeness (QED) is 0.846. The lowest BCUT2D eigenvalue weighted by Gasteiger charge is -2.37. The summed E-state index contributed by atoms with van der Waals surface area (Å²) in [7, 11) is 3.60. The zero-order valence-electron chi connectivity index (χ0n) is 15.1. The molecule has 3 aliphatic rings. The summed E-state index contributed by atoms with van der Waals surface area (Å²) in [5.41, 5.74) is 2.18. The van der Waals surface area contributed by atoms with Gasteiger partial charge < -0.3 is 14.4 Å². The van der Waals surface area contributed by atoms with E-state index in [-0.39, 0.29) is 5.41 Å². The van der Waals surface area contributed by atoms with Gasteiger partial charge in [-0.15, -0.1) is 0 Å². The lowest BCUT2D eigenvalue weighted by Crippen LogP contribution is -2.48. The van der Waals surface area contributed by atoms with Gasteiger partial charge in [0.2, 0.25) is 5.91 Å². The average molecular weight is 342 g/mol. The van der Waals surface area contributed by atoms with Crippen molar-refractivity contribution in [3.63, 3.8) is 0 Å². The maximum atomic E-state index is 12.7. The molecule has 0 aromatic heterocycles. The van der Waals surface area contributed by atoms with Crippen molar-refractivity contribution in [3.05, 3.63) is 29.3 Å². The van der Waals surface area contributed by atoms with Crippen LogP contribution in [-0.2, 0) is 4.79 Å². The Kier molecular flexibility index (Phi) is 4.20. The van der Waals surface area contributed by atoms with Crippen LogP contribution in [0, 0.1) is 5.41 Å². The number of piperidine rings is 1. The van der Waals surface area contributed by atoms with Crippen LogP contribution in [0.25, 0.3) is 6.08 Å². The van der Waals surface area contributed by atoms with Gasteiger partial charge in [0, 0.05) is 32.2 Å². The molecule has 25 heavy (non-hydrogen) atoms. The number of amides is 1. The minimum absolute atomic E-state index is 0.149. The number of ether oxygens (including phenoxy) is 2. The van der Waals surface area contributed by atoms with E-state index in [4.69, 9.17) is 9.47 Å². The smallest absolute Gasteiger partial charge is 0.229 e. The fourth-order valence-electron chi connectivity index (χ4n) is 4.51. The van der Waals surface area contributed by atoms with E-state index in [0.29, 0.717) is 12.5 Å². The second kappa shape index (κ2) is 6.37. The van der Waals surface area contributed by atoms with Crippen molar-refractivity contribution < 1.29 is 14.3 Å². The molecule has 1 spiro atoms. The van der Waals surface area contributed by atoms with Crippen molar-refractivity contribution in [3.8, 4) is 11.5 Å². The molecule has 1 amide bonds. The third-order valence-corrected chi connectivity index (χ3v) is 5.80. The highest BCUT2D eigenvalue weighted by atomic mass is 16.5. The van der Waals surface area contributed by atoms with E-state index in [1.807, 2.05) is 24.1 Å². The molecule has 0 radical (unpaired) electrons. The van der Waals surface area contributed by atoms with Crippen LogP contribution in [0.1, 0.15) is 24.8 Å². The van der Waals surface area contributed by atoms with Crippen LogP contribution in [0.3, 0.4) is 0 Å². The minimum Gasteiger partial charge on any atom is -0.493 e. The van der Waals surface area contributed by atoms with Gasteiger partial charge >= 0.3 is 0 Å². The maximum absolute atomic E-state index is 12.7. The minimum atomic E-state index is -0.149. The molecule has 0 N–H and O–H groups in total. The summed E-state index contributed by atoms with van der Waals surface area (Å²) < 4.78 is 11.3. The number of rotatable bonds is 3. The summed E-state index contributed by atoms with van der Waals surface area (Å²) in [4.78, 5) is 17.0. The monoisotopic (exact) mass is 342 g/mol. The van der Waals surface area contributed by atoms with E-state index >= 15 is 0 Å². The maximum Gasteiger partial charge on any atom is 0.229 e. The number of fused-ring (bicyclic) bond motifs is 1. The Morgan fingerprint density at radius 2 is 2.16 bits per heavy atom. The molecule has 0 aliphatic carbocycles. The van der Waals surface area contributed by atoms with Gasteiger partial charge in [-0.05, 0) is 43.5 Å². The zero-order chi connectivity index (χ0) is 17.4. The summed E-state index contributed by atoms with van der Waals surface area (Å²) in [6.45, 7) is 4.22. The number of benzene rings is 1. The zero-order valence-corrected chi connectivity index (χ0v) is 15.1. The summed E-state index contributed by atoms with van der Waals surface area (Å²) in [6, 6.07) is 5.97.